The average Bonchev–Trinajstić information content (AvgIpc) is 2.56. The number of carbonyl (C=O) groups is 1. The van der Waals surface area contributed by atoms with E-state index in [1.165, 1.54) is 23.1 Å². The standard InChI is InChI=1S/C18H17ClFNO2/c1-21(12-14-15(19)7-5-8-16(14)20)18(22)11-10-13-6-3-4-9-17(13)23-2/h3-11H,12H2,1-2H3/b11-10+. The summed E-state index contributed by atoms with van der Waals surface area (Å²) in [5.41, 5.74) is 1.09. The fourth-order valence-corrected chi connectivity index (χ4v) is 2.31. The highest BCUT2D eigenvalue weighted by molar-refractivity contribution is 6.31. The van der Waals surface area contributed by atoms with Gasteiger partial charge in [-0.05, 0) is 24.3 Å². The first-order valence-corrected chi connectivity index (χ1v) is 7.40. The van der Waals surface area contributed by atoms with Crippen molar-refractivity contribution in [1.29, 1.82) is 0 Å². The summed E-state index contributed by atoms with van der Waals surface area (Å²) in [6, 6.07) is 11.8. The Hall–Kier alpha value is -2.33. The second-order valence-corrected chi connectivity index (χ2v) is 5.38. The number of benzene rings is 2. The Bertz CT molecular complexity index is 710. The van der Waals surface area contributed by atoms with Crippen molar-refractivity contribution in [2.75, 3.05) is 14.2 Å². The summed E-state index contributed by atoms with van der Waals surface area (Å²) in [6.07, 6.45) is 3.09. The summed E-state index contributed by atoms with van der Waals surface area (Å²) in [7, 11) is 3.17. The number of carbonyl (C=O) groups excluding carboxylic acids is 1. The Kier molecular flexibility index (Phi) is 5.77. The zero-order chi connectivity index (χ0) is 16.8. The molecule has 0 aliphatic rings. The van der Waals surface area contributed by atoms with Gasteiger partial charge in [-0.25, -0.2) is 4.39 Å². The molecule has 120 valence electrons. The van der Waals surface area contributed by atoms with Crippen molar-refractivity contribution in [3.63, 3.8) is 0 Å². The topological polar surface area (TPSA) is 29.5 Å². The fraction of sp³-hybridized carbons (Fsp3) is 0.167. The Morgan fingerprint density at radius 1 is 1.26 bits per heavy atom. The third-order valence-electron chi connectivity index (χ3n) is 3.38. The molecule has 23 heavy (non-hydrogen) atoms. The van der Waals surface area contributed by atoms with Gasteiger partial charge >= 0.3 is 0 Å². The maximum Gasteiger partial charge on any atom is 0.246 e. The van der Waals surface area contributed by atoms with E-state index >= 15 is 0 Å². The Morgan fingerprint density at radius 2 is 2.00 bits per heavy atom. The third-order valence-corrected chi connectivity index (χ3v) is 3.73. The summed E-state index contributed by atoms with van der Waals surface area (Å²) >= 11 is 5.98. The third kappa shape index (κ3) is 4.33. The number of ether oxygens (including phenoxy) is 1. The minimum atomic E-state index is -0.425. The lowest BCUT2D eigenvalue weighted by Crippen LogP contribution is -2.24. The molecule has 0 bridgehead atoms. The van der Waals surface area contributed by atoms with Crippen molar-refractivity contribution < 1.29 is 13.9 Å². The first-order valence-electron chi connectivity index (χ1n) is 7.02. The lowest BCUT2D eigenvalue weighted by molar-refractivity contribution is -0.125. The average molecular weight is 334 g/mol. The van der Waals surface area contributed by atoms with Gasteiger partial charge in [0.1, 0.15) is 11.6 Å². The number of hydrogen-bond donors (Lipinski definition) is 0. The normalized spacial score (nSPS) is 10.8. The van der Waals surface area contributed by atoms with E-state index in [2.05, 4.69) is 0 Å². The lowest BCUT2D eigenvalue weighted by atomic mass is 10.1. The Balaban J connectivity index is 2.10. The molecule has 0 saturated heterocycles. The molecule has 0 aliphatic carbocycles. The number of rotatable bonds is 5. The van der Waals surface area contributed by atoms with E-state index in [0.29, 0.717) is 16.3 Å². The van der Waals surface area contributed by atoms with Crippen LogP contribution in [0.3, 0.4) is 0 Å². The van der Waals surface area contributed by atoms with Crippen LogP contribution in [0, 0.1) is 5.82 Å². The van der Waals surface area contributed by atoms with Gasteiger partial charge in [-0.1, -0.05) is 35.9 Å². The van der Waals surface area contributed by atoms with Gasteiger partial charge in [-0.2, -0.15) is 0 Å². The lowest BCUT2D eigenvalue weighted by Gasteiger charge is -2.16. The summed E-state index contributed by atoms with van der Waals surface area (Å²) in [5, 5.41) is 0.304. The quantitative estimate of drug-likeness (QED) is 0.769. The van der Waals surface area contributed by atoms with Crippen molar-refractivity contribution >= 4 is 23.6 Å². The molecule has 0 radical (unpaired) electrons. The monoisotopic (exact) mass is 333 g/mol. The highest BCUT2D eigenvalue weighted by Crippen LogP contribution is 2.21. The molecule has 0 spiro atoms. The zero-order valence-corrected chi connectivity index (χ0v) is 13.7. The molecule has 0 saturated carbocycles. The van der Waals surface area contributed by atoms with Gasteiger partial charge in [-0.15, -0.1) is 0 Å². The van der Waals surface area contributed by atoms with E-state index in [-0.39, 0.29) is 12.5 Å². The fourth-order valence-electron chi connectivity index (χ4n) is 2.09. The predicted molar refractivity (Wildman–Crippen MR) is 89.9 cm³/mol. The first-order chi connectivity index (χ1) is 11.0. The second-order valence-electron chi connectivity index (χ2n) is 4.97. The predicted octanol–water partition coefficient (Wildman–Crippen LogP) is 4.16. The summed E-state index contributed by atoms with van der Waals surface area (Å²) < 4.78 is 19.0. The van der Waals surface area contributed by atoms with Crippen LogP contribution in [-0.4, -0.2) is 25.0 Å². The van der Waals surface area contributed by atoms with Crippen molar-refractivity contribution in [2.45, 2.75) is 6.54 Å². The molecular formula is C18H17ClFNO2. The summed E-state index contributed by atoms with van der Waals surface area (Å²) in [5.74, 6) is -0.00237. The van der Waals surface area contributed by atoms with Crippen LogP contribution in [-0.2, 0) is 11.3 Å². The molecule has 2 aromatic carbocycles. The van der Waals surface area contributed by atoms with Gasteiger partial charge in [0, 0.05) is 35.8 Å². The second kappa shape index (κ2) is 7.79. The van der Waals surface area contributed by atoms with Crippen LogP contribution in [0.1, 0.15) is 11.1 Å². The van der Waals surface area contributed by atoms with E-state index < -0.39 is 5.82 Å². The number of nitrogens with zero attached hydrogens (tertiary/aromatic N) is 1. The largest absolute Gasteiger partial charge is 0.496 e. The van der Waals surface area contributed by atoms with Gasteiger partial charge in [0.25, 0.3) is 0 Å². The van der Waals surface area contributed by atoms with Crippen LogP contribution in [0.15, 0.2) is 48.5 Å². The zero-order valence-electron chi connectivity index (χ0n) is 12.9. The van der Waals surface area contributed by atoms with E-state index in [1.807, 2.05) is 24.3 Å². The van der Waals surface area contributed by atoms with Crippen LogP contribution >= 0.6 is 11.6 Å². The van der Waals surface area contributed by atoms with Gasteiger partial charge < -0.3 is 9.64 Å². The molecule has 0 heterocycles. The minimum Gasteiger partial charge on any atom is -0.496 e. The molecule has 2 rings (SSSR count). The van der Waals surface area contributed by atoms with Crippen LogP contribution in [0.5, 0.6) is 5.75 Å². The van der Waals surface area contributed by atoms with E-state index in [0.717, 1.165) is 5.56 Å². The van der Waals surface area contributed by atoms with Gasteiger partial charge in [0.15, 0.2) is 0 Å². The highest BCUT2D eigenvalue weighted by atomic mass is 35.5. The maximum absolute atomic E-state index is 13.8. The molecule has 0 aromatic heterocycles. The number of hydrogen-bond acceptors (Lipinski definition) is 2. The molecule has 0 fully saturated rings. The van der Waals surface area contributed by atoms with Gasteiger partial charge in [0.05, 0.1) is 7.11 Å². The molecule has 2 aromatic rings. The molecule has 5 heteroatoms. The Labute approximate surface area is 139 Å². The van der Waals surface area contributed by atoms with E-state index in [9.17, 15) is 9.18 Å². The molecular weight excluding hydrogens is 317 g/mol. The van der Waals surface area contributed by atoms with Crippen LogP contribution in [0.25, 0.3) is 6.08 Å². The molecule has 3 nitrogen and oxygen atoms in total. The Morgan fingerprint density at radius 3 is 2.70 bits per heavy atom. The number of methoxy groups -OCH3 is 1. The van der Waals surface area contributed by atoms with Crippen LogP contribution in [0.2, 0.25) is 5.02 Å². The van der Waals surface area contributed by atoms with Crippen LogP contribution in [0.4, 0.5) is 4.39 Å². The smallest absolute Gasteiger partial charge is 0.246 e. The summed E-state index contributed by atoms with van der Waals surface area (Å²) in [6.45, 7) is 0.0978. The maximum atomic E-state index is 13.8. The van der Waals surface area contributed by atoms with Gasteiger partial charge in [-0.3, -0.25) is 4.79 Å². The highest BCUT2D eigenvalue weighted by Gasteiger charge is 2.12. The molecule has 0 atom stereocenters. The van der Waals surface area contributed by atoms with Gasteiger partial charge in [0.2, 0.25) is 5.91 Å². The molecule has 0 unspecified atom stereocenters. The van der Waals surface area contributed by atoms with Crippen LogP contribution < -0.4 is 4.74 Å². The van der Waals surface area contributed by atoms with Crippen molar-refractivity contribution in [3.05, 3.63) is 70.5 Å². The SMILES string of the molecule is COc1ccccc1/C=C/C(=O)N(C)Cc1c(F)cccc1Cl. The summed E-state index contributed by atoms with van der Waals surface area (Å²) in [4.78, 5) is 13.6. The molecule has 1 amide bonds. The van der Waals surface area contributed by atoms with Crippen molar-refractivity contribution in [1.82, 2.24) is 4.90 Å². The minimum absolute atomic E-state index is 0.0978. The van der Waals surface area contributed by atoms with E-state index in [4.69, 9.17) is 16.3 Å². The number of likely N-dealkylation sites (N-methyl/N-ethyl adjacent to an activating group) is 1. The molecule has 0 N–H and O–H groups in total. The number of amides is 1. The molecule has 0 aliphatic heterocycles. The van der Waals surface area contributed by atoms with E-state index in [1.54, 1.807) is 26.3 Å². The number of para-hydroxylation sites is 1. The van der Waals surface area contributed by atoms with Crippen molar-refractivity contribution in [2.24, 2.45) is 0 Å². The first kappa shape index (κ1) is 17.0. The number of halogens is 2. The van der Waals surface area contributed by atoms with Crippen molar-refractivity contribution in [3.8, 4) is 5.75 Å².